The summed E-state index contributed by atoms with van der Waals surface area (Å²) in [6.45, 7) is 2.38. The molecule has 5 heteroatoms. The Morgan fingerprint density at radius 2 is 2.19 bits per heavy atom. The van der Waals surface area contributed by atoms with Gasteiger partial charge in [-0.2, -0.15) is 0 Å². The number of carbonyl (C=O) groups excluding carboxylic acids is 1. The molecule has 0 spiro atoms. The highest BCUT2D eigenvalue weighted by Gasteiger charge is 2.34. The fourth-order valence-electron chi connectivity index (χ4n) is 2.08. The van der Waals surface area contributed by atoms with E-state index in [0.29, 0.717) is 19.4 Å². The lowest BCUT2D eigenvalue weighted by Crippen LogP contribution is -2.51. The number of carbonyl (C=O) groups is 2. The molecule has 1 amide bonds. The largest absolute Gasteiger partial charge is 0.480 e. The van der Waals surface area contributed by atoms with Crippen LogP contribution in [0.25, 0.3) is 0 Å². The summed E-state index contributed by atoms with van der Waals surface area (Å²) in [5.41, 5.74) is 0. The van der Waals surface area contributed by atoms with Gasteiger partial charge in [0.25, 0.3) is 5.91 Å². The Hall–Kier alpha value is -1.10. The molecular formula is C11H19NO4. The van der Waals surface area contributed by atoms with Crippen LogP contribution >= 0.6 is 0 Å². The van der Waals surface area contributed by atoms with Crippen molar-refractivity contribution in [1.29, 1.82) is 0 Å². The SMILES string of the molecule is CCC(OC)C(=O)N1CCCC[C@@H]1C(=O)O. The third-order valence-electron chi connectivity index (χ3n) is 3.00. The topological polar surface area (TPSA) is 66.8 Å². The van der Waals surface area contributed by atoms with E-state index in [4.69, 9.17) is 9.84 Å². The number of likely N-dealkylation sites (tertiary alicyclic amines) is 1. The second-order valence-corrected chi connectivity index (χ2v) is 4.01. The van der Waals surface area contributed by atoms with E-state index in [-0.39, 0.29) is 5.91 Å². The lowest BCUT2D eigenvalue weighted by molar-refractivity contribution is -0.157. The fourth-order valence-corrected chi connectivity index (χ4v) is 2.08. The number of ether oxygens (including phenoxy) is 1. The minimum Gasteiger partial charge on any atom is -0.480 e. The molecule has 5 nitrogen and oxygen atoms in total. The molecule has 92 valence electrons. The number of carboxylic acids is 1. The van der Waals surface area contributed by atoms with Gasteiger partial charge in [0.05, 0.1) is 0 Å². The number of rotatable bonds is 4. The third kappa shape index (κ3) is 2.72. The van der Waals surface area contributed by atoms with Crippen LogP contribution in [0.15, 0.2) is 0 Å². The normalized spacial score (nSPS) is 22.9. The molecule has 0 aliphatic carbocycles. The molecule has 16 heavy (non-hydrogen) atoms. The van der Waals surface area contributed by atoms with Crippen LogP contribution < -0.4 is 0 Å². The van der Waals surface area contributed by atoms with Gasteiger partial charge < -0.3 is 14.7 Å². The highest BCUT2D eigenvalue weighted by molar-refractivity contribution is 5.86. The van der Waals surface area contributed by atoms with Gasteiger partial charge in [0, 0.05) is 13.7 Å². The molecule has 1 aliphatic rings. The van der Waals surface area contributed by atoms with Crippen LogP contribution in [0.4, 0.5) is 0 Å². The lowest BCUT2D eigenvalue weighted by Gasteiger charge is -2.34. The van der Waals surface area contributed by atoms with Crippen molar-refractivity contribution in [3.8, 4) is 0 Å². The molecule has 1 heterocycles. The van der Waals surface area contributed by atoms with Crippen LogP contribution in [0.3, 0.4) is 0 Å². The zero-order valence-electron chi connectivity index (χ0n) is 9.81. The van der Waals surface area contributed by atoms with Gasteiger partial charge in [0.1, 0.15) is 12.1 Å². The van der Waals surface area contributed by atoms with E-state index in [0.717, 1.165) is 12.8 Å². The molecule has 0 saturated carbocycles. The second kappa shape index (κ2) is 5.84. The average Bonchev–Trinajstić information content (AvgIpc) is 2.30. The van der Waals surface area contributed by atoms with Crippen molar-refractivity contribution in [2.75, 3.05) is 13.7 Å². The van der Waals surface area contributed by atoms with E-state index in [2.05, 4.69) is 0 Å². The van der Waals surface area contributed by atoms with E-state index in [1.54, 1.807) is 0 Å². The van der Waals surface area contributed by atoms with Crippen molar-refractivity contribution in [2.24, 2.45) is 0 Å². The number of carboxylic acid groups (broad SMARTS) is 1. The summed E-state index contributed by atoms with van der Waals surface area (Å²) in [5, 5.41) is 9.05. The maximum atomic E-state index is 12.0. The molecule has 0 aromatic carbocycles. The van der Waals surface area contributed by atoms with Gasteiger partial charge in [0.15, 0.2) is 0 Å². The van der Waals surface area contributed by atoms with Gasteiger partial charge in [-0.25, -0.2) is 4.79 Å². The highest BCUT2D eigenvalue weighted by atomic mass is 16.5. The summed E-state index contributed by atoms with van der Waals surface area (Å²) in [4.78, 5) is 24.5. The van der Waals surface area contributed by atoms with Gasteiger partial charge in [0.2, 0.25) is 0 Å². The van der Waals surface area contributed by atoms with Crippen LogP contribution in [0, 0.1) is 0 Å². The summed E-state index contributed by atoms with van der Waals surface area (Å²) in [6.07, 6.45) is 2.33. The van der Waals surface area contributed by atoms with Crippen molar-refractivity contribution >= 4 is 11.9 Å². The Labute approximate surface area is 95.4 Å². The molecule has 0 bridgehead atoms. The first-order valence-corrected chi connectivity index (χ1v) is 5.67. The monoisotopic (exact) mass is 229 g/mol. The number of amides is 1. The van der Waals surface area contributed by atoms with Gasteiger partial charge >= 0.3 is 5.97 Å². The Balaban J connectivity index is 2.74. The van der Waals surface area contributed by atoms with E-state index < -0.39 is 18.1 Å². The first-order chi connectivity index (χ1) is 7.61. The molecule has 1 N–H and O–H groups in total. The highest BCUT2D eigenvalue weighted by Crippen LogP contribution is 2.19. The summed E-state index contributed by atoms with van der Waals surface area (Å²) in [7, 11) is 1.48. The maximum Gasteiger partial charge on any atom is 0.326 e. The molecule has 1 aliphatic heterocycles. The smallest absolute Gasteiger partial charge is 0.326 e. The van der Waals surface area contributed by atoms with Crippen LogP contribution in [-0.4, -0.2) is 47.7 Å². The summed E-state index contributed by atoms with van der Waals surface area (Å²) in [6, 6.07) is -0.676. The molecule has 2 atom stereocenters. The van der Waals surface area contributed by atoms with E-state index in [9.17, 15) is 9.59 Å². The standard InChI is InChI=1S/C11H19NO4/c1-3-9(16-2)10(13)12-7-5-4-6-8(12)11(14)15/h8-9H,3-7H2,1-2H3,(H,14,15)/t8-,9?/m1/s1. The molecule has 1 saturated heterocycles. The third-order valence-corrected chi connectivity index (χ3v) is 3.00. The van der Waals surface area contributed by atoms with Crippen molar-refractivity contribution in [1.82, 2.24) is 4.90 Å². The Morgan fingerprint density at radius 1 is 1.50 bits per heavy atom. The first kappa shape index (κ1) is 13.0. The first-order valence-electron chi connectivity index (χ1n) is 5.67. The van der Waals surface area contributed by atoms with Crippen LogP contribution in [0.1, 0.15) is 32.6 Å². The molecule has 1 rings (SSSR count). The van der Waals surface area contributed by atoms with E-state index in [1.807, 2.05) is 6.92 Å². The van der Waals surface area contributed by atoms with E-state index in [1.165, 1.54) is 12.0 Å². The van der Waals surface area contributed by atoms with Crippen LogP contribution in [-0.2, 0) is 14.3 Å². The number of methoxy groups -OCH3 is 1. The Morgan fingerprint density at radius 3 is 2.69 bits per heavy atom. The molecular weight excluding hydrogens is 210 g/mol. The summed E-state index contributed by atoms with van der Waals surface area (Å²) < 4.78 is 5.06. The van der Waals surface area contributed by atoms with Gasteiger partial charge in [-0.15, -0.1) is 0 Å². The summed E-state index contributed by atoms with van der Waals surface area (Å²) in [5.74, 6) is -1.11. The van der Waals surface area contributed by atoms with Crippen molar-refractivity contribution in [3.63, 3.8) is 0 Å². The molecule has 0 aromatic rings. The number of nitrogens with zero attached hydrogens (tertiary/aromatic N) is 1. The number of hydrogen-bond donors (Lipinski definition) is 1. The van der Waals surface area contributed by atoms with Gasteiger partial charge in [-0.05, 0) is 25.7 Å². The van der Waals surface area contributed by atoms with Crippen molar-refractivity contribution in [3.05, 3.63) is 0 Å². The quantitative estimate of drug-likeness (QED) is 0.777. The van der Waals surface area contributed by atoms with E-state index >= 15 is 0 Å². The molecule has 0 radical (unpaired) electrons. The molecule has 0 aromatic heterocycles. The Kier molecular flexibility index (Phi) is 4.73. The minimum atomic E-state index is -0.918. The van der Waals surface area contributed by atoms with Crippen molar-refractivity contribution in [2.45, 2.75) is 44.8 Å². The second-order valence-electron chi connectivity index (χ2n) is 4.01. The van der Waals surface area contributed by atoms with Crippen molar-refractivity contribution < 1.29 is 19.4 Å². The molecule has 1 unspecified atom stereocenters. The zero-order chi connectivity index (χ0) is 12.1. The van der Waals surface area contributed by atoms with Gasteiger partial charge in [-0.3, -0.25) is 4.79 Å². The fraction of sp³-hybridized carbons (Fsp3) is 0.818. The van der Waals surface area contributed by atoms with Gasteiger partial charge in [-0.1, -0.05) is 6.92 Å². The number of aliphatic carboxylic acids is 1. The predicted molar refractivity (Wildman–Crippen MR) is 58.1 cm³/mol. The number of hydrogen-bond acceptors (Lipinski definition) is 3. The number of piperidine rings is 1. The predicted octanol–water partition coefficient (Wildman–Crippen LogP) is 0.877. The van der Waals surface area contributed by atoms with Crippen LogP contribution in [0.5, 0.6) is 0 Å². The molecule has 1 fully saturated rings. The Bertz CT molecular complexity index is 263. The average molecular weight is 229 g/mol. The minimum absolute atomic E-state index is 0.197. The van der Waals surface area contributed by atoms with Crippen LogP contribution in [0.2, 0.25) is 0 Å². The summed E-state index contributed by atoms with van der Waals surface area (Å²) >= 11 is 0. The lowest BCUT2D eigenvalue weighted by atomic mass is 10.0. The zero-order valence-corrected chi connectivity index (χ0v) is 9.81. The maximum absolute atomic E-state index is 12.0.